The summed E-state index contributed by atoms with van der Waals surface area (Å²) in [6.45, 7) is 1.45. The van der Waals surface area contributed by atoms with Crippen molar-refractivity contribution < 1.29 is 26.7 Å². The van der Waals surface area contributed by atoms with E-state index >= 15 is 0 Å². The van der Waals surface area contributed by atoms with Crippen LogP contribution < -0.4 is 4.74 Å². The second kappa shape index (κ2) is 10.8. The Balaban J connectivity index is 1.28. The third-order valence-corrected chi connectivity index (χ3v) is 9.15. The van der Waals surface area contributed by atoms with Gasteiger partial charge in [0.1, 0.15) is 17.4 Å². The number of ketones is 1. The number of pyridine rings is 1. The maximum Gasteiger partial charge on any atom is 0.211 e. The predicted octanol–water partition coefficient (Wildman–Crippen LogP) is 6.11. The van der Waals surface area contributed by atoms with Crippen LogP contribution in [0.2, 0.25) is 0 Å². The van der Waals surface area contributed by atoms with Gasteiger partial charge in [0.2, 0.25) is 10.0 Å². The number of fused-ring (bicyclic) bond motifs is 2. The van der Waals surface area contributed by atoms with Crippen LogP contribution in [-0.2, 0) is 10.0 Å². The number of allylic oxidation sites excluding steroid dienone is 1. The van der Waals surface area contributed by atoms with Crippen LogP contribution in [0.25, 0.3) is 22.0 Å². The van der Waals surface area contributed by atoms with Gasteiger partial charge >= 0.3 is 0 Å². The Bertz CT molecular complexity index is 1790. The number of nitrogens with zero attached hydrogens (tertiary/aromatic N) is 2. The number of hydrogen-bond donors (Lipinski definition) is 0. The van der Waals surface area contributed by atoms with Crippen molar-refractivity contribution in [3.8, 4) is 5.75 Å². The SMILES string of the molecule is CS(=O)(=O)N1CCC(CCOc2ccc3c(c2)C(=O)C(c2cnc4ccccc4c2)=C3c2cc(F)cc(F)c2)CC1. The third kappa shape index (κ3) is 5.52. The summed E-state index contributed by atoms with van der Waals surface area (Å²) in [5, 5.41) is 0.845. The second-order valence-electron chi connectivity index (χ2n) is 10.6. The number of carbonyl (C=O) groups excluding carboxylic acids is 1. The van der Waals surface area contributed by atoms with E-state index in [4.69, 9.17) is 4.74 Å². The van der Waals surface area contributed by atoms with Crippen molar-refractivity contribution in [2.24, 2.45) is 5.92 Å². The summed E-state index contributed by atoms with van der Waals surface area (Å²) in [6, 6.07) is 17.9. The fraction of sp³-hybridized carbons (Fsp3) is 0.250. The monoisotopic (exact) mass is 574 g/mol. The minimum atomic E-state index is -3.17. The largest absolute Gasteiger partial charge is 0.494 e. The molecule has 1 aliphatic heterocycles. The van der Waals surface area contributed by atoms with Crippen molar-refractivity contribution in [1.29, 1.82) is 0 Å². The number of para-hydroxylation sites is 1. The van der Waals surface area contributed by atoms with Crippen LogP contribution in [0.15, 0.2) is 72.9 Å². The first kappa shape index (κ1) is 27.2. The Morgan fingerprint density at radius 1 is 0.902 bits per heavy atom. The summed E-state index contributed by atoms with van der Waals surface area (Å²) in [5.41, 5.74) is 3.35. The molecule has 2 aliphatic rings. The van der Waals surface area contributed by atoms with Crippen LogP contribution in [0, 0.1) is 17.6 Å². The van der Waals surface area contributed by atoms with Gasteiger partial charge in [0.15, 0.2) is 5.78 Å². The summed E-state index contributed by atoms with van der Waals surface area (Å²) in [6.07, 6.45) is 5.17. The standard InChI is InChI=1S/C32H28F2N2O4S/c1-41(38,39)36-11-8-20(9-12-36)10-13-40-26-6-7-27-28(18-26)32(37)31(30(27)22-15-24(33)17-25(34)16-22)23-14-21-4-2-3-5-29(21)35-19-23/h2-7,14-20H,8-13H2,1H3. The van der Waals surface area contributed by atoms with Crippen LogP contribution in [0.4, 0.5) is 8.78 Å². The molecular formula is C32H28F2N2O4S. The van der Waals surface area contributed by atoms with Crippen molar-refractivity contribution in [2.45, 2.75) is 19.3 Å². The zero-order chi connectivity index (χ0) is 28.7. The molecule has 6 nitrogen and oxygen atoms in total. The van der Waals surface area contributed by atoms with Crippen LogP contribution >= 0.6 is 0 Å². The Morgan fingerprint density at radius 2 is 1.63 bits per heavy atom. The minimum absolute atomic E-state index is 0.268. The van der Waals surface area contributed by atoms with Crippen molar-refractivity contribution in [3.63, 3.8) is 0 Å². The zero-order valence-electron chi connectivity index (χ0n) is 22.4. The van der Waals surface area contributed by atoms with E-state index < -0.39 is 21.7 Å². The Labute approximate surface area is 237 Å². The topological polar surface area (TPSA) is 76.6 Å². The number of carbonyl (C=O) groups is 1. The summed E-state index contributed by atoms with van der Waals surface area (Å²) >= 11 is 0. The number of rotatable bonds is 7. The molecule has 1 aromatic heterocycles. The zero-order valence-corrected chi connectivity index (χ0v) is 23.3. The Kier molecular flexibility index (Phi) is 7.17. The highest BCUT2D eigenvalue weighted by molar-refractivity contribution is 7.88. The molecule has 0 radical (unpaired) electrons. The van der Waals surface area contributed by atoms with Gasteiger partial charge in [0.05, 0.1) is 18.4 Å². The van der Waals surface area contributed by atoms with Crippen LogP contribution in [0.1, 0.15) is 46.3 Å². The molecule has 3 aromatic carbocycles. The number of benzene rings is 3. The Hall–Kier alpha value is -3.95. The van der Waals surface area contributed by atoms with E-state index in [9.17, 15) is 22.0 Å². The van der Waals surface area contributed by atoms with Gasteiger partial charge < -0.3 is 4.74 Å². The highest BCUT2D eigenvalue weighted by atomic mass is 32.2. The lowest BCUT2D eigenvalue weighted by Crippen LogP contribution is -2.38. The smallest absolute Gasteiger partial charge is 0.211 e. The van der Waals surface area contributed by atoms with Crippen LogP contribution in [0.3, 0.4) is 0 Å². The first-order valence-electron chi connectivity index (χ1n) is 13.5. The minimum Gasteiger partial charge on any atom is -0.494 e. The first-order chi connectivity index (χ1) is 19.7. The van der Waals surface area contributed by atoms with Gasteiger partial charge in [-0.25, -0.2) is 21.5 Å². The van der Waals surface area contributed by atoms with Crippen molar-refractivity contribution in [1.82, 2.24) is 9.29 Å². The number of hydrogen-bond acceptors (Lipinski definition) is 5. The summed E-state index contributed by atoms with van der Waals surface area (Å²) in [7, 11) is -3.17. The van der Waals surface area contributed by atoms with E-state index in [1.807, 2.05) is 30.3 Å². The second-order valence-corrected chi connectivity index (χ2v) is 12.6. The van der Waals surface area contributed by atoms with E-state index in [1.165, 1.54) is 22.7 Å². The Morgan fingerprint density at radius 3 is 2.37 bits per heavy atom. The molecule has 0 spiro atoms. The lowest BCUT2D eigenvalue weighted by atomic mass is 9.94. The fourth-order valence-electron chi connectivity index (χ4n) is 5.76. The van der Waals surface area contributed by atoms with E-state index in [1.54, 1.807) is 24.4 Å². The number of halogens is 2. The molecule has 0 saturated carbocycles. The van der Waals surface area contributed by atoms with E-state index in [0.717, 1.165) is 36.2 Å². The van der Waals surface area contributed by atoms with Gasteiger partial charge in [-0.3, -0.25) is 9.78 Å². The highest BCUT2D eigenvalue weighted by Gasteiger charge is 2.33. The van der Waals surface area contributed by atoms with Crippen molar-refractivity contribution in [3.05, 3.63) is 107 Å². The fourth-order valence-corrected chi connectivity index (χ4v) is 6.63. The molecular weight excluding hydrogens is 546 g/mol. The van der Waals surface area contributed by atoms with Gasteiger partial charge in [0.25, 0.3) is 0 Å². The molecule has 1 saturated heterocycles. The van der Waals surface area contributed by atoms with Crippen LogP contribution in [-0.4, -0.2) is 49.4 Å². The quantitative estimate of drug-likeness (QED) is 0.266. The third-order valence-electron chi connectivity index (χ3n) is 7.85. The predicted molar refractivity (Wildman–Crippen MR) is 154 cm³/mol. The lowest BCUT2D eigenvalue weighted by molar-refractivity contribution is 0.105. The molecule has 0 atom stereocenters. The molecule has 210 valence electrons. The normalized spacial score (nSPS) is 16.4. The molecule has 41 heavy (non-hydrogen) atoms. The number of sulfonamides is 1. The van der Waals surface area contributed by atoms with E-state index in [0.29, 0.717) is 59.2 Å². The maximum absolute atomic E-state index is 14.3. The molecule has 9 heteroatoms. The van der Waals surface area contributed by atoms with Crippen molar-refractivity contribution >= 4 is 37.9 Å². The average Bonchev–Trinajstić information content (AvgIpc) is 3.23. The van der Waals surface area contributed by atoms with E-state index in [2.05, 4.69) is 4.98 Å². The summed E-state index contributed by atoms with van der Waals surface area (Å²) in [4.78, 5) is 18.4. The highest BCUT2D eigenvalue weighted by Crippen LogP contribution is 2.44. The van der Waals surface area contributed by atoms with Gasteiger partial charge in [-0.15, -0.1) is 0 Å². The molecule has 0 N–H and O–H groups in total. The molecule has 2 heterocycles. The summed E-state index contributed by atoms with van der Waals surface area (Å²) < 4.78 is 59.7. The number of ether oxygens (including phenoxy) is 1. The van der Waals surface area contributed by atoms with Gasteiger partial charge in [-0.2, -0.15) is 0 Å². The number of Topliss-reactive ketones (excluding diaryl/α,β-unsaturated/α-hetero) is 1. The molecule has 4 aromatic rings. The lowest BCUT2D eigenvalue weighted by Gasteiger charge is -2.30. The molecule has 0 unspecified atom stereocenters. The molecule has 1 fully saturated rings. The molecule has 0 bridgehead atoms. The van der Waals surface area contributed by atoms with Gasteiger partial charge in [0, 0.05) is 53.0 Å². The number of piperidine rings is 1. The summed E-state index contributed by atoms with van der Waals surface area (Å²) in [5.74, 6) is -0.852. The van der Waals surface area contributed by atoms with Gasteiger partial charge in [-0.1, -0.05) is 18.2 Å². The van der Waals surface area contributed by atoms with Crippen molar-refractivity contribution in [2.75, 3.05) is 26.0 Å². The maximum atomic E-state index is 14.3. The van der Waals surface area contributed by atoms with Crippen LogP contribution in [0.5, 0.6) is 5.75 Å². The molecule has 0 amide bonds. The molecule has 6 rings (SSSR count). The average molecular weight is 575 g/mol. The molecule has 1 aliphatic carbocycles. The first-order valence-corrected chi connectivity index (χ1v) is 15.3. The number of aromatic nitrogens is 1. The van der Waals surface area contributed by atoms with Gasteiger partial charge in [-0.05, 0) is 78.8 Å². The van der Waals surface area contributed by atoms with E-state index in [-0.39, 0.29) is 11.3 Å².